The van der Waals surface area contributed by atoms with Crippen molar-refractivity contribution in [2.45, 2.75) is 13.0 Å². The van der Waals surface area contributed by atoms with Gasteiger partial charge in [-0.1, -0.05) is 12.1 Å². The number of carbonyl (C=O) groups is 1. The van der Waals surface area contributed by atoms with Crippen LogP contribution in [-0.2, 0) is 4.79 Å². The zero-order valence-electron chi connectivity index (χ0n) is 14.9. The van der Waals surface area contributed by atoms with E-state index < -0.39 is 5.95 Å². The van der Waals surface area contributed by atoms with Gasteiger partial charge in [0.15, 0.2) is 6.61 Å². The smallest absolute Gasteiger partial charge is 0.260 e. The van der Waals surface area contributed by atoms with Gasteiger partial charge in [0.25, 0.3) is 5.91 Å². The molecule has 1 fully saturated rings. The molecule has 0 spiro atoms. The number of benzene rings is 1. The van der Waals surface area contributed by atoms with Crippen LogP contribution in [0.25, 0.3) is 0 Å². The number of piperazine rings is 1. The fourth-order valence-corrected chi connectivity index (χ4v) is 3.01. The zero-order chi connectivity index (χ0) is 18.5. The molecule has 0 bridgehead atoms. The third kappa shape index (κ3) is 4.22. The van der Waals surface area contributed by atoms with Gasteiger partial charge in [-0.15, -0.1) is 0 Å². The molecule has 26 heavy (non-hydrogen) atoms. The average molecular weight is 359 g/mol. The topological polar surface area (TPSA) is 54.9 Å². The molecule has 0 aliphatic carbocycles. The normalized spacial score (nSPS) is 17.1. The molecule has 3 rings (SSSR count). The summed E-state index contributed by atoms with van der Waals surface area (Å²) in [6, 6.07) is 11.9. The van der Waals surface area contributed by atoms with Crippen LogP contribution in [0.4, 0.5) is 10.2 Å². The first-order valence-electron chi connectivity index (χ1n) is 8.50. The Hall–Kier alpha value is -2.83. The lowest BCUT2D eigenvalue weighted by Crippen LogP contribution is -2.54. The monoisotopic (exact) mass is 359 g/mol. The molecule has 1 aromatic carbocycles. The van der Waals surface area contributed by atoms with E-state index >= 15 is 0 Å². The number of hydrogen-bond acceptors (Lipinski definition) is 5. The van der Waals surface area contributed by atoms with Crippen molar-refractivity contribution in [3.05, 3.63) is 48.4 Å². The summed E-state index contributed by atoms with van der Waals surface area (Å²) in [5.74, 6) is 1.29. The number of hydrogen-bond donors (Lipinski definition) is 0. The highest BCUT2D eigenvalue weighted by Gasteiger charge is 2.27. The molecule has 1 atom stereocenters. The maximum atomic E-state index is 13.3. The van der Waals surface area contributed by atoms with E-state index in [-0.39, 0.29) is 18.6 Å². The molecular formula is C19H22FN3O3. The molecule has 1 unspecified atom stereocenters. The van der Waals surface area contributed by atoms with Crippen molar-refractivity contribution in [2.24, 2.45) is 0 Å². The summed E-state index contributed by atoms with van der Waals surface area (Å²) < 4.78 is 24.1. The molecule has 1 amide bonds. The van der Waals surface area contributed by atoms with Gasteiger partial charge in [-0.2, -0.15) is 4.39 Å². The number of nitrogens with zero attached hydrogens (tertiary/aromatic N) is 3. The van der Waals surface area contributed by atoms with Crippen LogP contribution in [0.1, 0.15) is 6.92 Å². The molecular weight excluding hydrogens is 337 g/mol. The fourth-order valence-electron chi connectivity index (χ4n) is 3.01. The second-order valence-electron chi connectivity index (χ2n) is 6.17. The quantitative estimate of drug-likeness (QED) is 0.767. The Morgan fingerprint density at radius 1 is 1.23 bits per heavy atom. The highest BCUT2D eigenvalue weighted by atomic mass is 19.1. The molecule has 138 valence electrons. The van der Waals surface area contributed by atoms with E-state index in [1.165, 1.54) is 6.07 Å². The second kappa shape index (κ2) is 8.03. The van der Waals surface area contributed by atoms with E-state index in [4.69, 9.17) is 9.47 Å². The summed E-state index contributed by atoms with van der Waals surface area (Å²) in [6.07, 6.45) is 0. The van der Waals surface area contributed by atoms with Crippen LogP contribution in [0.2, 0.25) is 0 Å². The number of anilines is 1. The molecule has 0 saturated carbocycles. The number of halogens is 1. The molecule has 7 heteroatoms. The third-order valence-corrected chi connectivity index (χ3v) is 4.38. The van der Waals surface area contributed by atoms with Crippen LogP contribution < -0.4 is 14.4 Å². The van der Waals surface area contributed by atoms with E-state index in [0.29, 0.717) is 37.0 Å². The number of amides is 1. The first-order chi connectivity index (χ1) is 12.6. The standard InChI is InChI=1S/C19H22FN3O3/c1-14-12-22(9-10-23(14)18-8-4-7-17(20)21-18)19(24)13-26-16-6-3-5-15(11-16)25-2/h3-8,11,14H,9-10,12-13H2,1-2H3. The Kier molecular flexibility index (Phi) is 5.55. The van der Waals surface area contributed by atoms with Crippen LogP contribution in [0, 0.1) is 5.95 Å². The molecule has 1 aliphatic heterocycles. The van der Waals surface area contributed by atoms with E-state index in [9.17, 15) is 9.18 Å². The Bertz CT molecular complexity index is 771. The maximum absolute atomic E-state index is 13.3. The van der Waals surface area contributed by atoms with Crippen molar-refractivity contribution in [3.63, 3.8) is 0 Å². The third-order valence-electron chi connectivity index (χ3n) is 4.38. The van der Waals surface area contributed by atoms with Gasteiger partial charge in [-0.05, 0) is 31.2 Å². The molecule has 1 aromatic heterocycles. The lowest BCUT2D eigenvalue weighted by Gasteiger charge is -2.40. The largest absolute Gasteiger partial charge is 0.497 e. The highest BCUT2D eigenvalue weighted by Crippen LogP contribution is 2.20. The van der Waals surface area contributed by atoms with Crippen LogP contribution in [0.15, 0.2) is 42.5 Å². The zero-order valence-corrected chi connectivity index (χ0v) is 14.9. The number of aromatic nitrogens is 1. The van der Waals surface area contributed by atoms with Crippen molar-refractivity contribution in [1.82, 2.24) is 9.88 Å². The Labute approximate surface area is 152 Å². The van der Waals surface area contributed by atoms with Crippen LogP contribution in [0.3, 0.4) is 0 Å². The van der Waals surface area contributed by atoms with Crippen molar-refractivity contribution >= 4 is 11.7 Å². The van der Waals surface area contributed by atoms with E-state index in [1.807, 2.05) is 24.0 Å². The van der Waals surface area contributed by atoms with Crippen LogP contribution >= 0.6 is 0 Å². The summed E-state index contributed by atoms with van der Waals surface area (Å²) in [6.45, 7) is 3.65. The summed E-state index contributed by atoms with van der Waals surface area (Å²) >= 11 is 0. The SMILES string of the molecule is COc1cccc(OCC(=O)N2CCN(c3cccc(F)n3)C(C)C2)c1. The molecule has 2 heterocycles. The van der Waals surface area contributed by atoms with Gasteiger partial charge < -0.3 is 19.3 Å². The van der Waals surface area contributed by atoms with Crippen LogP contribution in [0.5, 0.6) is 11.5 Å². The molecule has 2 aromatic rings. The summed E-state index contributed by atoms with van der Waals surface area (Å²) in [5.41, 5.74) is 0. The molecule has 0 radical (unpaired) electrons. The predicted molar refractivity (Wildman–Crippen MR) is 96.1 cm³/mol. The first-order valence-corrected chi connectivity index (χ1v) is 8.50. The highest BCUT2D eigenvalue weighted by molar-refractivity contribution is 5.78. The van der Waals surface area contributed by atoms with Gasteiger partial charge in [-0.3, -0.25) is 4.79 Å². The molecule has 6 nitrogen and oxygen atoms in total. The lowest BCUT2D eigenvalue weighted by molar-refractivity contribution is -0.134. The molecule has 0 N–H and O–H groups in total. The Morgan fingerprint density at radius 3 is 2.73 bits per heavy atom. The van der Waals surface area contributed by atoms with Crippen LogP contribution in [-0.4, -0.2) is 55.2 Å². The first kappa shape index (κ1) is 18.0. The number of rotatable bonds is 5. The maximum Gasteiger partial charge on any atom is 0.260 e. The van der Waals surface area contributed by atoms with Crippen molar-refractivity contribution < 1.29 is 18.7 Å². The van der Waals surface area contributed by atoms with Gasteiger partial charge in [0.05, 0.1) is 7.11 Å². The van der Waals surface area contributed by atoms with Crippen molar-refractivity contribution in [1.29, 1.82) is 0 Å². The molecule has 1 aliphatic rings. The van der Waals surface area contributed by atoms with Gasteiger partial charge in [0, 0.05) is 31.7 Å². The van der Waals surface area contributed by atoms with Gasteiger partial charge >= 0.3 is 0 Å². The van der Waals surface area contributed by atoms with Gasteiger partial charge in [0.1, 0.15) is 17.3 Å². The Balaban J connectivity index is 1.55. The average Bonchev–Trinajstić information content (AvgIpc) is 2.66. The van der Waals surface area contributed by atoms with E-state index in [1.54, 1.807) is 36.3 Å². The predicted octanol–water partition coefficient (Wildman–Crippen LogP) is 2.35. The minimum Gasteiger partial charge on any atom is -0.497 e. The molecule has 1 saturated heterocycles. The van der Waals surface area contributed by atoms with Gasteiger partial charge in [-0.25, -0.2) is 4.98 Å². The summed E-state index contributed by atoms with van der Waals surface area (Å²) in [4.78, 5) is 20.1. The minimum absolute atomic E-state index is 0.0297. The number of ether oxygens (including phenoxy) is 2. The number of carbonyl (C=O) groups excluding carboxylic acids is 1. The van der Waals surface area contributed by atoms with Crippen molar-refractivity contribution in [2.75, 3.05) is 38.3 Å². The van der Waals surface area contributed by atoms with E-state index in [2.05, 4.69) is 4.98 Å². The summed E-state index contributed by atoms with van der Waals surface area (Å²) in [7, 11) is 1.58. The van der Waals surface area contributed by atoms with Gasteiger partial charge in [0.2, 0.25) is 5.95 Å². The Morgan fingerprint density at radius 2 is 2.00 bits per heavy atom. The fraction of sp³-hybridized carbons (Fsp3) is 0.368. The summed E-state index contributed by atoms with van der Waals surface area (Å²) in [5, 5.41) is 0. The lowest BCUT2D eigenvalue weighted by atomic mass is 10.2. The number of methoxy groups -OCH3 is 1. The van der Waals surface area contributed by atoms with Crippen molar-refractivity contribution in [3.8, 4) is 11.5 Å². The minimum atomic E-state index is -0.500. The van der Waals surface area contributed by atoms with E-state index in [0.717, 1.165) is 0 Å². The number of pyridine rings is 1. The second-order valence-corrected chi connectivity index (χ2v) is 6.17.